The van der Waals surface area contributed by atoms with Crippen molar-refractivity contribution in [2.24, 2.45) is 0 Å². The summed E-state index contributed by atoms with van der Waals surface area (Å²) in [5.74, 6) is 0.326. The van der Waals surface area contributed by atoms with Gasteiger partial charge in [0.1, 0.15) is 6.61 Å². The van der Waals surface area contributed by atoms with E-state index in [9.17, 15) is 4.79 Å². The predicted octanol–water partition coefficient (Wildman–Crippen LogP) is 3.77. The van der Waals surface area contributed by atoms with Crippen molar-refractivity contribution in [1.82, 2.24) is 9.55 Å². The number of pyridine rings is 1. The maximum atomic E-state index is 12.7. The number of para-hydroxylation sites is 1. The fourth-order valence-electron chi connectivity index (χ4n) is 2.93. The van der Waals surface area contributed by atoms with Gasteiger partial charge < -0.3 is 19.4 Å². The number of carbonyl (C=O) groups is 1. The molecule has 0 atom stereocenters. The summed E-state index contributed by atoms with van der Waals surface area (Å²) in [6.45, 7) is 4.86. The Kier molecular flexibility index (Phi) is 5.88. The van der Waals surface area contributed by atoms with Crippen LogP contribution in [-0.4, -0.2) is 35.8 Å². The average molecular weight is 365 g/mol. The van der Waals surface area contributed by atoms with Crippen molar-refractivity contribution in [3.8, 4) is 11.6 Å². The van der Waals surface area contributed by atoms with E-state index in [-0.39, 0.29) is 5.91 Å². The molecule has 6 heteroatoms. The Hall–Kier alpha value is -3.12. The van der Waals surface area contributed by atoms with E-state index in [2.05, 4.69) is 14.9 Å². The molecule has 0 radical (unpaired) electrons. The first kappa shape index (κ1) is 18.7. The number of anilines is 1. The fraction of sp³-hybridized carbons (Fsp3) is 0.238. The largest absolute Gasteiger partial charge is 0.475 e. The summed E-state index contributed by atoms with van der Waals surface area (Å²) < 4.78 is 12.4. The van der Waals surface area contributed by atoms with Gasteiger partial charge in [0.05, 0.1) is 24.1 Å². The van der Waals surface area contributed by atoms with E-state index in [4.69, 9.17) is 9.47 Å². The first-order valence-corrected chi connectivity index (χ1v) is 8.73. The monoisotopic (exact) mass is 365 g/mol. The number of nitrogens with one attached hydrogen (secondary N) is 1. The Morgan fingerprint density at radius 2 is 1.89 bits per heavy atom. The number of aryl methyl sites for hydroxylation is 1. The Morgan fingerprint density at radius 1 is 1.11 bits per heavy atom. The van der Waals surface area contributed by atoms with Gasteiger partial charge in [0, 0.05) is 30.3 Å². The van der Waals surface area contributed by atoms with Crippen LogP contribution in [0.25, 0.3) is 5.69 Å². The summed E-state index contributed by atoms with van der Waals surface area (Å²) in [5, 5.41) is 2.89. The predicted molar refractivity (Wildman–Crippen MR) is 105 cm³/mol. The number of hydrogen-bond acceptors (Lipinski definition) is 4. The number of methoxy groups -OCH3 is 1. The molecule has 3 aromatic rings. The van der Waals surface area contributed by atoms with Gasteiger partial charge in [-0.1, -0.05) is 18.2 Å². The smallest absolute Gasteiger partial charge is 0.257 e. The maximum Gasteiger partial charge on any atom is 0.257 e. The number of carbonyl (C=O) groups excluding carboxylic acids is 1. The molecule has 0 fully saturated rings. The molecular formula is C21H23N3O3. The Bertz CT molecular complexity index is 902. The standard InChI is InChI=1S/C21H23N3O3/c1-15-13-19(16(2)24(15)18-7-5-4-6-8-18)21(25)23-17-9-10-20(22-14-17)27-12-11-26-3/h4-10,13-14H,11-12H2,1-3H3,(H,23,25). The second kappa shape index (κ2) is 8.51. The molecule has 3 rings (SSSR count). The molecule has 0 unspecified atom stereocenters. The molecule has 1 amide bonds. The van der Waals surface area contributed by atoms with Gasteiger partial charge in [-0.3, -0.25) is 4.79 Å². The molecule has 2 aromatic heterocycles. The number of nitrogens with zero attached hydrogens (tertiary/aromatic N) is 2. The lowest BCUT2D eigenvalue weighted by molar-refractivity contribution is 0.102. The minimum Gasteiger partial charge on any atom is -0.475 e. The second-order valence-corrected chi connectivity index (χ2v) is 6.14. The number of aromatic nitrogens is 2. The number of rotatable bonds is 7. The maximum absolute atomic E-state index is 12.7. The molecule has 0 saturated heterocycles. The first-order chi connectivity index (χ1) is 13.1. The molecule has 140 valence electrons. The Morgan fingerprint density at radius 3 is 2.56 bits per heavy atom. The van der Waals surface area contributed by atoms with Gasteiger partial charge in [-0.25, -0.2) is 4.98 Å². The SMILES string of the molecule is COCCOc1ccc(NC(=O)c2cc(C)n(-c3ccccc3)c2C)cn1. The van der Waals surface area contributed by atoms with Crippen LogP contribution in [0.3, 0.4) is 0 Å². The van der Waals surface area contributed by atoms with Crippen LogP contribution in [0, 0.1) is 13.8 Å². The Labute approximate surface area is 158 Å². The van der Waals surface area contributed by atoms with E-state index in [1.54, 1.807) is 25.4 Å². The third-order valence-electron chi connectivity index (χ3n) is 4.22. The molecule has 2 heterocycles. The summed E-state index contributed by atoms with van der Waals surface area (Å²) >= 11 is 0. The van der Waals surface area contributed by atoms with Crippen molar-refractivity contribution < 1.29 is 14.3 Å². The van der Waals surface area contributed by atoms with Crippen LogP contribution >= 0.6 is 0 Å². The molecule has 0 aliphatic heterocycles. The van der Waals surface area contributed by atoms with Gasteiger partial charge in [-0.15, -0.1) is 0 Å². The molecule has 27 heavy (non-hydrogen) atoms. The highest BCUT2D eigenvalue weighted by atomic mass is 16.5. The van der Waals surface area contributed by atoms with Gasteiger partial charge in [-0.05, 0) is 38.1 Å². The van der Waals surface area contributed by atoms with Crippen LogP contribution in [0.1, 0.15) is 21.7 Å². The minimum absolute atomic E-state index is 0.167. The van der Waals surface area contributed by atoms with Crippen molar-refractivity contribution in [2.45, 2.75) is 13.8 Å². The van der Waals surface area contributed by atoms with Crippen LogP contribution in [0.5, 0.6) is 5.88 Å². The van der Waals surface area contributed by atoms with E-state index >= 15 is 0 Å². The number of ether oxygens (including phenoxy) is 2. The first-order valence-electron chi connectivity index (χ1n) is 8.73. The molecule has 1 N–H and O–H groups in total. The van der Waals surface area contributed by atoms with Crippen molar-refractivity contribution in [3.05, 3.63) is 71.7 Å². The highest BCUT2D eigenvalue weighted by Crippen LogP contribution is 2.22. The summed E-state index contributed by atoms with van der Waals surface area (Å²) in [6, 6.07) is 15.4. The zero-order valence-corrected chi connectivity index (χ0v) is 15.7. The molecule has 0 aliphatic carbocycles. The van der Waals surface area contributed by atoms with Crippen molar-refractivity contribution in [2.75, 3.05) is 25.6 Å². The summed E-state index contributed by atoms with van der Waals surface area (Å²) in [7, 11) is 1.62. The fourth-order valence-corrected chi connectivity index (χ4v) is 2.93. The highest BCUT2D eigenvalue weighted by Gasteiger charge is 2.17. The van der Waals surface area contributed by atoms with Crippen LogP contribution < -0.4 is 10.1 Å². The molecular weight excluding hydrogens is 342 g/mol. The van der Waals surface area contributed by atoms with Gasteiger partial charge in [-0.2, -0.15) is 0 Å². The normalized spacial score (nSPS) is 10.6. The van der Waals surface area contributed by atoms with E-state index < -0.39 is 0 Å². The lowest BCUT2D eigenvalue weighted by Gasteiger charge is -2.10. The van der Waals surface area contributed by atoms with Gasteiger partial charge in [0.25, 0.3) is 5.91 Å². The quantitative estimate of drug-likeness (QED) is 0.648. The molecule has 0 spiro atoms. The molecule has 1 aromatic carbocycles. The third kappa shape index (κ3) is 4.35. The van der Waals surface area contributed by atoms with Crippen LogP contribution in [0.2, 0.25) is 0 Å². The van der Waals surface area contributed by atoms with Crippen molar-refractivity contribution in [3.63, 3.8) is 0 Å². The van der Waals surface area contributed by atoms with E-state index in [1.165, 1.54) is 0 Å². The van der Waals surface area contributed by atoms with Gasteiger partial charge >= 0.3 is 0 Å². The molecule has 6 nitrogen and oxygen atoms in total. The Balaban J connectivity index is 1.73. The van der Waals surface area contributed by atoms with Crippen LogP contribution in [-0.2, 0) is 4.74 Å². The number of hydrogen-bond donors (Lipinski definition) is 1. The van der Waals surface area contributed by atoms with E-state index in [0.29, 0.717) is 30.3 Å². The summed E-state index contributed by atoms with van der Waals surface area (Å²) in [6.07, 6.45) is 1.58. The third-order valence-corrected chi connectivity index (χ3v) is 4.22. The summed E-state index contributed by atoms with van der Waals surface area (Å²) in [4.78, 5) is 16.9. The number of benzene rings is 1. The zero-order valence-electron chi connectivity index (χ0n) is 15.7. The topological polar surface area (TPSA) is 65.4 Å². The lowest BCUT2D eigenvalue weighted by Crippen LogP contribution is -2.13. The van der Waals surface area contributed by atoms with Crippen molar-refractivity contribution in [1.29, 1.82) is 0 Å². The second-order valence-electron chi connectivity index (χ2n) is 6.14. The molecule has 0 saturated carbocycles. The molecule has 0 aliphatic rings. The van der Waals surface area contributed by atoms with Crippen LogP contribution in [0.4, 0.5) is 5.69 Å². The average Bonchev–Trinajstić information content (AvgIpc) is 2.98. The zero-order chi connectivity index (χ0) is 19.2. The van der Waals surface area contributed by atoms with Crippen LogP contribution in [0.15, 0.2) is 54.7 Å². The van der Waals surface area contributed by atoms with Gasteiger partial charge in [0.2, 0.25) is 5.88 Å². The molecule has 0 bridgehead atoms. The van der Waals surface area contributed by atoms with Crippen molar-refractivity contribution >= 4 is 11.6 Å². The van der Waals surface area contributed by atoms with Gasteiger partial charge in [0.15, 0.2) is 0 Å². The lowest BCUT2D eigenvalue weighted by atomic mass is 10.2. The minimum atomic E-state index is -0.167. The highest BCUT2D eigenvalue weighted by molar-refractivity contribution is 6.05. The number of amides is 1. The summed E-state index contributed by atoms with van der Waals surface area (Å²) in [5.41, 5.74) is 4.18. The van der Waals surface area contributed by atoms with E-state index in [0.717, 1.165) is 17.1 Å². The van der Waals surface area contributed by atoms with E-state index in [1.807, 2.05) is 50.2 Å².